The first-order chi connectivity index (χ1) is 15.3. The molecule has 1 N–H and O–H groups in total. The van der Waals surface area contributed by atoms with Crippen molar-refractivity contribution < 1.29 is 28.4 Å². The molecule has 0 aliphatic carbocycles. The van der Waals surface area contributed by atoms with Crippen molar-refractivity contribution >= 4 is 29.2 Å². The Hall–Kier alpha value is -4.02. The zero-order chi connectivity index (χ0) is 23.1. The number of nitro benzene ring substituents is 1. The Bertz CT molecular complexity index is 1010. The van der Waals surface area contributed by atoms with Gasteiger partial charge in [0.1, 0.15) is 12.4 Å². The van der Waals surface area contributed by atoms with Gasteiger partial charge in [0.15, 0.2) is 6.61 Å². The maximum Gasteiger partial charge on any atom is 0.325 e. The van der Waals surface area contributed by atoms with Crippen LogP contribution < -0.4 is 10.2 Å². The van der Waals surface area contributed by atoms with Crippen molar-refractivity contribution in [3.8, 4) is 0 Å². The molecule has 0 spiro atoms. The van der Waals surface area contributed by atoms with Crippen LogP contribution in [0.5, 0.6) is 0 Å². The van der Waals surface area contributed by atoms with E-state index in [0.29, 0.717) is 26.2 Å². The Morgan fingerprint density at radius 3 is 2.31 bits per heavy atom. The molecule has 2 aromatic carbocycles. The van der Waals surface area contributed by atoms with Gasteiger partial charge in [0, 0.05) is 44.0 Å². The third-order valence-corrected chi connectivity index (χ3v) is 4.93. The summed E-state index contributed by atoms with van der Waals surface area (Å²) in [5, 5.41) is 13.0. The number of rotatable bonds is 7. The van der Waals surface area contributed by atoms with Crippen LogP contribution in [0.2, 0.25) is 0 Å². The van der Waals surface area contributed by atoms with Crippen molar-refractivity contribution in [3.63, 3.8) is 0 Å². The second-order valence-corrected chi connectivity index (χ2v) is 6.96. The number of benzene rings is 2. The summed E-state index contributed by atoms with van der Waals surface area (Å²) in [5.41, 5.74) is 0.636. The minimum Gasteiger partial charge on any atom is -0.454 e. The van der Waals surface area contributed by atoms with Gasteiger partial charge in [-0.05, 0) is 24.3 Å². The Morgan fingerprint density at radius 1 is 1.03 bits per heavy atom. The summed E-state index contributed by atoms with van der Waals surface area (Å²) in [5.74, 6) is -2.65. The van der Waals surface area contributed by atoms with E-state index >= 15 is 0 Å². The number of halogens is 1. The summed E-state index contributed by atoms with van der Waals surface area (Å²) in [7, 11) is 0. The first kappa shape index (κ1) is 22.7. The van der Waals surface area contributed by atoms with Crippen LogP contribution in [0.15, 0.2) is 48.5 Å². The summed E-state index contributed by atoms with van der Waals surface area (Å²) in [4.78, 5) is 49.8. The second kappa shape index (κ2) is 10.3. The number of non-ortho nitro benzene ring substituents is 1. The molecule has 11 heteroatoms. The number of hydrogen-bond acceptors (Lipinski definition) is 7. The molecule has 0 unspecified atom stereocenters. The third-order valence-electron chi connectivity index (χ3n) is 4.93. The van der Waals surface area contributed by atoms with Gasteiger partial charge in [0.2, 0.25) is 0 Å². The van der Waals surface area contributed by atoms with Crippen LogP contribution in [-0.2, 0) is 14.3 Å². The van der Waals surface area contributed by atoms with E-state index in [2.05, 4.69) is 5.32 Å². The van der Waals surface area contributed by atoms with Gasteiger partial charge in [-0.2, -0.15) is 0 Å². The number of nitrogens with one attached hydrogen (secondary N) is 1. The molecule has 0 aromatic heterocycles. The summed E-state index contributed by atoms with van der Waals surface area (Å²) in [6, 6.07) is 11.5. The Morgan fingerprint density at radius 2 is 1.69 bits per heavy atom. The highest BCUT2D eigenvalue weighted by molar-refractivity contribution is 5.96. The lowest BCUT2D eigenvalue weighted by Gasteiger charge is -2.36. The number of ether oxygens (including phenoxy) is 1. The zero-order valence-corrected chi connectivity index (χ0v) is 17.0. The summed E-state index contributed by atoms with van der Waals surface area (Å²) < 4.78 is 18.5. The van der Waals surface area contributed by atoms with Gasteiger partial charge >= 0.3 is 5.97 Å². The van der Waals surface area contributed by atoms with Crippen molar-refractivity contribution in [1.29, 1.82) is 0 Å². The van der Waals surface area contributed by atoms with Gasteiger partial charge in [-0.3, -0.25) is 24.5 Å². The van der Waals surface area contributed by atoms with Gasteiger partial charge in [0.05, 0.1) is 10.5 Å². The smallest absolute Gasteiger partial charge is 0.325 e. The predicted octanol–water partition coefficient (Wildman–Crippen LogP) is 1.36. The zero-order valence-electron chi connectivity index (χ0n) is 17.0. The Kier molecular flexibility index (Phi) is 7.32. The second-order valence-electron chi connectivity index (χ2n) is 6.96. The lowest BCUT2D eigenvalue weighted by molar-refractivity contribution is -0.384. The van der Waals surface area contributed by atoms with E-state index in [-0.39, 0.29) is 17.2 Å². The molecule has 2 aromatic rings. The monoisotopic (exact) mass is 444 g/mol. The van der Waals surface area contributed by atoms with Crippen LogP contribution >= 0.6 is 0 Å². The molecule has 0 atom stereocenters. The van der Waals surface area contributed by atoms with Crippen LogP contribution in [0.25, 0.3) is 0 Å². The van der Waals surface area contributed by atoms with Crippen molar-refractivity contribution in [2.24, 2.45) is 0 Å². The number of carbonyl (C=O) groups excluding carboxylic acids is 3. The molecule has 1 fully saturated rings. The molecule has 1 aliphatic rings. The molecule has 168 valence electrons. The number of amides is 2. The molecule has 3 rings (SSSR count). The molecule has 0 radical (unpaired) electrons. The summed E-state index contributed by atoms with van der Waals surface area (Å²) >= 11 is 0. The van der Waals surface area contributed by atoms with E-state index in [0.717, 1.165) is 11.8 Å². The third kappa shape index (κ3) is 5.78. The number of carbonyl (C=O) groups is 3. The number of nitro groups is 1. The molecule has 1 aliphatic heterocycles. The molecule has 0 bridgehead atoms. The first-order valence-corrected chi connectivity index (χ1v) is 9.80. The van der Waals surface area contributed by atoms with E-state index in [4.69, 9.17) is 4.74 Å². The molecule has 2 amide bonds. The highest BCUT2D eigenvalue weighted by Gasteiger charge is 2.23. The van der Waals surface area contributed by atoms with E-state index in [1.165, 1.54) is 30.3 Å². The normalized spacial score (nSPS) is 13.4. The molecule has 10 nitrogen and oxygen atoms in total. The number of nitrogens with zero attached hydrogens (tertiary/aromatic N) is 3. The van der Waals surface area contributed by atoms with Crippen LogP contribution in [0, 0.1) is 15.9 Å². The molecule has 1 saturated heterocycles. The fourth-order valence-corrected chi connectivity index (χ4v) is 3.18. The lowest BCUT2D eigenvalue weighted by Crippen LogP contribution is -2.50. The molecule has 32 heavy (non-hydrogen) atoms. The summed E-state index contributed by atoms with van der Waals surface area (Å²) in [6.07, 6.45) is 0. The molecular weight excluding hydrogens is 423 g/mol. The van der Waals surface area contributed by atoms with Crippen molar-refractivity contribution in [3.05, 3.63) is 70.0 Å². The first-order valence-electron chi connectivity index (χ1n) is 9.80. The topological polar surface area (TPSA) is 122 Å². The van der Waals surface area contributed by atoms with E-state index in [1.807, 2.05) is 4.90 Å². The van der Waals surface area contributed by atoms with Gasteiger partial charge in [-0.15, -0.1) is 0 Å². The van der Waals surface area contributed by atoms with Crippen LogP contribution in [0.1, 0.15) is 10.4 Å². The number of piperazine rings is 1. The van der Waals surface area contributed by atoms with Crippen molar-refractivity contribution in [1.82, 2.24) is 10.2 Å². The average Bonchev–Trinajstić information content (AvgIpc) is 2.81. The van der Waals surface area contributed by atoms with Crippen LogP contribution in [0.3, 0.4) is 0 Å². The largest absolute Gasteiger partial charge is 0.454 e. The fraction of sp³-hybridized carbons (Fsp3) is 0.286. The van der Waals surface area contributed by atoms with Gasteiger partial charge in [-0.1, -0.05) is 12.1 Å². The van der Waals surface area contributed by atoms with E-state index in [9.17, 15) is 28.9 Å². The van der Waals surface area contributed by atoms with Crippen molar-refractivity contribution in [2.75, 3.05) is 44.2 Å². The molecule has 1 heterocycles. The van der Waals surface area contributed by atoms with E-state index < -0.39 is 35.8 Å². The molecule has 0 saturated carbocycles. The highest BCUT2D eigenvalue weighted by Crippen LogP contribution is 2.20. The van der Waals surface area contributed by atoms with Gasteiger partial charge in [0.25, 0.3) is 17.5 Å². The summed E-state index contributed by atoms with van der Waals surface area (Å²) in [6.45, 7) is 0.890. The minimum atomic E-state index is -0.812. The Balaban J connectivity index is 1.39. The number of esters is 1. The lowest BCUT2D eigenvalue weighted by atomic mass is 10.2. The van der Waals surface area contributed by atoms with Crippen LogP contribution in [-0.4, -0.2) is 66.9 Å². The number of hydrogen-bond donors (Lipinski definition) is 1. The quantitative estimate of drug-likeness (QED) is 0.389. The van der Waals surface area contributed by atoms with Crippen LogP contribution in [0.4, 0.5) is 15.8 Å². The van der Waals surface area contributed by atoms with Crippen molar-refractivity contribution in [2.45, 2.75) is 0 Å². The average molecular weight is 444 g/mol. The predicted molar refractivity (Wildman–Crippen MR) is 112 cm³/mol. The standard InChI is InChI=1S/C21H21FN4O6/c22-18-4-2-1-3-17(18)21(29)23-13-20(28)32-14-19(27)25-11-9-24(10-12-25)15-5-7-16(8-6-15)26(30)31/h1-8H,9-14H2,(H,23,29). The Labute approximate surface area is 182 Å². The highest BCUT2D eigenvalue weighted by atomic mass is 19.1. The minimum absolute atomic E-state index is 0.00877. The van der Waals surface area contributed by atoms with Gasteiger partial charge in [-0.25, -0.2) is 4.39 Å². The SMILES string of the molecule is O=C(CNC(=O)c1ccccc1F)OCC(=O)N1CCN(c2ccc([N+](=O)[O-])cc2)CC1. The number of anilines is 1. The maximum atomic E-state index is 13.6. The van der Waals surface area contributed by atoms with Gasteiger partial charge < -0.3 is 19.9 Å². The maximum absolute atomic E-state index is 13.6. The fourth-order valence-electron chi connectivity index (χ4n) is 3.18. The molecular formula is C21H21FN4O6. The van der Waals surface area contributed by atoms with E-state index in [1.54, 1.807) is 17.0 Å².